The Hall–Kier alpha value is -3.94. The number of hydrogen-bond donors (Lipinski definition) is 1. The molecule has 0 saturated heterocycles. The van der Waals surface area contributed by atoms with Gasteiger partial charge >= 0.3 is 0 Å². The molecule has 0 spiro atoms. The lowest BCUT2D eigenvalue weighted by Crippen LogP contribution is -2.11. The molecule has 8 heteroatoms. The van der Waals surface area contributed by atoms with E-state index in [0.717, 1.165) is 5.56 Å². The SMILES string of the molecule is COc1ccc(OC)c(-c2noc(-c3cnc(-c4ccccc4)[nH]c3=O)n2)c1. The van der Waals surface area contributed by atoms with Gasteiger partial charge in [-0.25, -0.2) is 4.98 Å². The number of rotatable bonds is 5. The molecule has 0 bridgehead atoms. The summed E-state index contributed by atoms with van der Waals surface area (Å²) in [5, 5.41) is 3.97. The molecule has 28 heavy (non-hydrogen) atoms. The van der Waals surface area contributed by atoms with E-state index >= 15 is 0 Å². The summed E-state index contributed by atoms with van der Waals surface area (Å²) in [6, 6.07) is 14.6. The van der Waals surface area contributed by atoms with Gasteiger partial charge in [0.15, 0.2) is 0 Å². The molecule has 140 valence electrons. The van der Waals surface area contributed by atoms with E-state index in [2.05, 4.69) is 20.1 Å². The highest BCUT2D eigenvalue weighted by Gasteiger charge is 2.18. The second-order valence-electron chi connectivity index (χ2n) is 5.83. The van der Waals surface area contributed by atoms with Gasteiger partial charge in [0, 0.05) is 11.8 Å². The van der Waals surface area contributed by atoms with Gasteiger partial charge in [-0.3, -0.25) is 4.79 Å². The van der Waals surface area contributed by atoms with Gasteiger partial charge in [0.05, 0.1) is 19.8 Å². The maximum Gasteiger partial charge on any atom is 0.265 e. The molecular weight excluding hydrogens is 360 g/mol. The Morgan fingerprint density at radius 1 is 1.00 bits per heavy atom. The second-order valence-corrected chi connectivity index (χ2v) is 5.83. The predicted molar refractivity (Wildman–Crippen MR) is 102 cm³/mol. The molecule has 4 aromatic rings. The molecule has 0 saturated carbocycles. The van der Waals surface area contributed by atoms with Crippen molar-refractivity contribution < 1.29 is 14.0 Å². The average Bonchev–Trinajstić information content (AvgIpc) is 3.23. The van der Waals surface area contributed by atoms with Crippen molar-refractivity contribution in [3.63, 3.8) is 0 Å². The highest BCUT2D eigenvalue weighted by atomic mass is 16.5. The highest BCUT2D eigenvalue weighted by Crippen LogP contribution is 2.32. The van der Waals surface area contributed by atoms with Crippen LogP contribution in [-0.2, 0) is 0 Å². The van der Waals surface area contributed by atoms with Gasteiger partial charge in [0.25, 0.3) is 11.4 Å². The van der Waals surface area contributed by atoms with Crippen molar-refractivity contribution in [2.24, 2.45) is 0 Å². The molecular formula is C20H16N4O4. The first kappa shape index (κ1) is 17.5. The van der Waals surface area contributed by atoms with E-state index in [0.29, 0.717) is 22.9 Å². The van der Waals surface area contributed by atoms with Gasteiger partial charge in [-0.2, -0.15) is 4.98 Å². The lowest BCUT2D eigenvalue weighted by molar-refractivity contribution is 0.403. The molecule has 8 nitrogen and oxygen atoms in total. The Labute approximate surface area is 159 Å². The molecule has 0 aliphatic heterocycles. The fraction of sp³-hybridized carbons (Fsp3) is 0.100. The van der Waals surface area contributed by atoms with Gasteiger partial charge < -0.3 is 19.0 Å². The molecule has 0 amide bonds. The summed E-state index contributed by atoms with van der Waals surface area (Å²) >= 11 is 0. The molecule has 2 aromatic heterocycles. The first-order valence-corrected chi connectivity index (χ1v) is 8.41. The van der Waals surface area contributed by atoms with Gasteiger partial charge in [-0.05, 0) is 18.2 Å². The smallest absolute Gasteiger partial charge is 0.265 e. The monoisotopic (exact) mass is 376 g/mol. The van der Waals surface area contributed by atoms with Crippen LogP contribution < -0.4 is 15.0 Å². The van der Waals surface area contributed by atoms with Crippen LogP contribution in [0.25, 0.3) is 34.2 Å². The minimum Gasteiger partial charge on any atom is -0.497 e. The Morgan fingerprint density at radius 2 is 1.82 bits per heavy atom. The molecule has 0 fully saturated rings. The number of aromatic nitrogens is 4. The fourth-order valence-corrected chi connectivity index (χ4v) is 2.72. The van der Waals surface area contributed by atoms with Crippen molar-refractivity contribution >= 4 is 0 Å². The van der Waals surface area contributed by atoms with Crippen LogP contribution in [0.5, 0.6) is 11.5 Å². The minimum atomic E-state index is -0.373. The average molecular weight is 376 g/mol. The zero-order valence-electron chi connectivity index (χ0n) is 15.2. The third-order valence-electron chi connectivity index (χ3n) is 4.15. The zero-order chi connectivity index (χ0) is 19.5. The van der Waals surface area contributed by atoms with Gasteiger partial charge in [-0.15, -0.1) is 0 Å². The standard InChI is InChI=1S/C20H16N4O4/c1-26-13-8-9-16(27-2)14(10-13)18-23-20(28-24-18)15-11-21-17(22-19(15)25)12-6-4-3-5-7-12/h3-11H,1-2H3,(H,21,22,25). The van der Waals surface area contributed by atoms with Crippen LogP contribution in [0, 0.1) is 0 Å². The van der Waals surface area contributed by atoms with Gasteiger partial charge in [0.1, 0.15) is 22.9 Å². The lowest BCUT2D eigenvalue weighted by atomic mass is 10.2. The van der Waals surface area contributed by atoms with Crippen molar-refractivity contribution in [3.8, 4) is 45.7 Å². The maximum atomic E-state index is 12.5. The van der Waals surface area contributed by atoms with E-state index in [-0.39, 0.29) is 22.8 Å². The van der Waals surface area contributed by atoms with E-state index in [9.17, 15) is 4.79 Å². The molecule has 2 heterocycles. The number of ether oxygens (including phenoxy) is 2. The number of aromatic amines is 1. The van der Waals surface area contributed by atoms with Crippen molar-refractivity contribution in [1.82, 2.24) is 20.1 Å². The van der Waals surface area contributed by atoms with Crippen LogP contribution in [0.3, 0.4) is 0 Å². The van der Waals surface area contributed by atoms with E-state index in [1.165, 1.54) is 6.20 Å². The molecule has 0 aliphatic rings. The predicted octanol–water partition coefficient (Wildman–Crippen LogP) is 3.17. The Balaban J connectivity index is 1.72. The summed E-state index contributed by atoms with van der Waals surface area (Å²) in [5.74, 6) is 1.97. The summed E-state index contributed by atoms with van der Waals surface area (Å²) in [4.78, 5) is 23.9. The summed E-state index contributed by atoms with van der Waals surface area (Å²) in [7, 11) is 3.11. The van der Waals surface area contributed by atoms with Crippen LogP contribution >= 0.6 is 0 Å². The third-order valence-corrected chi connectivity index (χ3v) is 4.15. The molecule has 2 aromatic carbocycles. The normalized spacial score (nSPS) is 10.6. The van der Waals surface area contributed by atoms with E-state index in [4.69, 9.17) is 14.0 Å². The Bertz CT molecular complexity index is 1170. The van der Waals surface area contributed by atoms with Crippen molar-refractivity contribution in [1.29, 1.82) is 0 Å². The van der Waals surface area contributed by atoms with Crippen LogP contribution in [0.1, 0.15) is 0 Å². The summed E-state index contributed by atoms with van der Waals surface area (Å²) in [5.41, 5.74) is 1.20. The quantitative estimate of drug-likeness (QED) is 0.570. The largest absolute Gasteiger partial charge is 0.497 e. The summed E-state index contributed by atoms with van der Waals surface area (Å²) < 4.78 is 15.9. The number of nitrogens with zero attached hydrogens (tertiary/aromatic N) is 3. The first-order chi connectivity index (χ1) is 13.7. The van der Waals surface area contributed by atoms with E-state index in [1.807, 2.05) is 30.3 Å². The number of H-pyrrole nitrogens is 1. The molecule has 0 atom stereocenters. The third kappa shape index (κ3) is 3.23. The topological polar surface area (TPSA) is 103 Å². The van der Waals surface area contributed by atoms with Crippen molar-refractivity contribution in [2.45, 2.75) is 0 Å². The maximum absolute atomic E-state index is 12.5. The minimum absolute atomic E-state index is 0.0632. The van der Waals surface area contributed by atoms with Crippen LogP contribution in [0.4, 0.5) is 0 Å². The van der Waals surface area contributed by atoms with Crippen LogP contribution in [0.15, 0.2) is 64.0 Å². The molecule has 0 unspecified atom stereocenters. The van der Waals surface area contributed by atoms with Crippen LogP contribution in [-0.4, -0.2) is 34.3 Å². The first-order valence-electron chi connectivity index (χ1n) is 8.41. The van der Waals surface area contributed by atoms with E-state index in [1.54, 1.807) is 32.4 Å². The van der Waals surface area contributed by atoms with Crippen molar-refractivity contribution in [3.05, 3.63) is 65.1 Å². The molecule has 0 radical (unpaired) electrons. The number of hydrogen-bond acceptors (Lipinski definition) is 7. The van der Waals surface area contributed by atoms with Crippen molar-refractivity contribution in [2.75, 3.05) is 14.2 Å². The zero-order valence-corrected chi connectivity index (χ0v) is 15.2. The highest BCUT2D eigenvalue weighted by molar-refractivity contribution is 5.67. The van der Waals surface area contributed by atoms with Crippen LogP contribution in [0.2, 0.25) is 0 Å². The lowest BCUT2D eigenvalue weighted by Gasteiger charge is -2.07. The number of benzene rings is 2. The molecule has 0 aliphatic carbocycles. The summed E-state index contributed by atoms with van der Waals surface area (Å²) in [6.45, 7) is 0. The number of methoxy groups -OCH3 is 2. The van der Waals surface area contributed by atoms with E-state index < -0.39 is 0 Å². The molecule has 4 rings (SSSR count). The van der Waals surface area contributed by atoms with Gasteiger partial charge in [0.2, 0.25) is 5.82 Å². The molecule has 1 N–H and O–H groups in total. The second kappa shape index (κ2) is 7.36. The number of nitrogens with one attached hydrogen (secondary N) is 1. The Morgan fingerprint density at radius 3 is 2.54 bits per heavy atom. The van der Waals surface area contributed by atoms with Gasteiger partial charge in [-0.1, -0.05) is 35.5 Å². The Kier molecular flexibility index (Phi) is 4.59. The fourth-order valence-electron chi connectivity index (χ4n) is 2.72. The summed E-state index contributed by atoms with van der Waals surface area (Å²) in [6.07, 6.45) is 1.42.